The van der Waals surface area contributed by atoms with Crippen molar-refractivity contribution in [3.8, 4) is 0 Å². The summed E-state index contributed by atoms with van der Waals surface area (Å²) in [6, 6.07) is 8.16. The summed E-state index contributed by atoms with van der Waals surface area (Å²) in [5, 5.41) is 3.32. The van der Waals surface area contributed by atoms with Gasteiger partial charge in [-0.1, -0.05) is 18.2 Å². The molecule has 0 atom stereocenters. The molecule has 86 valence electrons. The average molecular weight is 255 g/mol. The first-order valence-electron chi connectivity index (χ1n) is 4.96. The minimum atomic E-state index is -3.08. The third kappa shape index (κ3) is 2.81. The third-order valence-corrected chi connectivity index (χ3v) is 4.06. The Balaban J connectivity index is 2.10. The van der Waals surface area contributed by atoms with Crippen molar-refractivity contribution in [1.82, 2.24) is 4.72 Å². The number of hydrogen-bond acceptors (Lipinski definition) is 3. The summed E-state index contributed by atoms with van der Waals surface area (Å²) in [5.74, 6) is 0. The lowest BCUT2D eigenvalue weighted by Gasteiger charge is -2.01. The van der Waals surface area contributed by atoms with E-state index in [2.05, 4.69) is 22.2 Å². The molecule has 1 aromatic heterocycles. The Morgan fingerprint density at radius 3 is 2.81 bits per heavy atom. The van der Waals surface area contributed by atoms with Crippen molar-refractivity contribution in [3.05, 3.63) is 35.2 Å². The van der Waals surface area contributed by atoms with Gasteiger partial charge in [0.25, 0.3) is 0 Å². The van der Waals surface area contributed by atoms with Crippen molar-refractivity contribution in [2.75, 3.05) is 12.8 Å². The number of sulfonamides is 1. The lowest BCUT2D eigenvalue weighted by molar-refractivity contribution is 0.588. The van der Waals surface area contributed by atoms with Gasteiger partial charge in [-0.15, -0.1) is 11.3 Å². The van der Waals surface area contributed by atoms with Crippen LogP contribution < -0.4 is 4.72 Å². The molecule has 0 bridgehead atoms. The van der Waals surface area contributed by atoms with Gasteiger partial charge in [0.1, 0.15) is 0 Å². The molecule has 0 fully saturated rings. The molecule has 0 amide bonds. The minimum absolute atomic E-state index is 0.458. The molecule has 1 N–H and O–H groups in total. The smallest absolute Gasteiger partial charge is 0.208 e. The molecular weight excluding hydrogens is 242 g/mol. The highest BCUT2D eigenvalue weighted by molar-refractivity contribution is 7.88. The number of hydrogen-bond donors (Lipinski definition) is 1. The van der Waals surface area contributed by atoms with E-state index in [0.717, 1.165) is 6.42 Å². The van der Waals surface area contributed by atoms with E-state index in [1.807, 2.05) is 12.1 Å². The van der Waals surface area contributed by atoms with Gasteiger partial charge in [0.05, 0.1) is 6.26 Å². The standard InChI is InChI=1S/C11H13NO2S2/c1-16(13,14)12-7-6-9-8-15-11-5-3-2-4-10(9)11/h2-5,8,12H,6-7H2,1H3. The Labute approximate surface area is 99.2 Å². The van der Waals surface area contributed by atoms with Crippen LogP contribution >= 0.6 is 11.3 Å². The summed E-state index contributed by atoms with van der Waals surface area (Å²) in [7, 11) is -3.08. The number of benzene rings is 1. The van der Waals surface area contributed by atoms with Crippen LogP contribution in [-0.2, 0) is 16.4 Å². The van der Waals surface area contributed by atoms with Crippen LogP contribution in [0.5, 0.6) is 0 Å². The van der Waals surface area contributed by atoms with Crippen molar-refractivity contribution in [2.24, 2.45) is 0 Å². The normalized spacial score (nSPS) is 12.1. The van der Waals surface area contributed by atoms with E-state index in [-0.39, 0.29) is 0 Å². The Morgan fingerprint density at radius 2 is 2.06 bits per heavy atom. The Hall–Kier alpha value is -0.910. The SMILES string of the molecule is CS(=O)(=O)NCCc1csc2ccccc12. The maximum atomic E-state index is 10.9. The van der Waals surface area contributed by atoms with E-state index in [1.54, 1.807) is 11.3 Å². The van der Waals surface area contributed by atoms with Crippen LogP contribution in [0.25, 0.3) is 10.1 Å². The fourth-order valence-electron chi connectivity index (χ4n) is 1.60. The number of fused-ring (bicyclic) bond motifs is 1. The molecule has 0 saturated carbocycles. The number of nitrogens with one attached hydrogen (secondary N) is 1. The first-order valence-corrected chi connectivity index (χ1v) is 7.73. The van der Waals surface area contributed by atoms with Crippen molar-refractivity contribution in [1.29, 1.82) is 0 Å². The second-order valence-electron chi connectivity index (χ2n) is 3.67. The predicted octanol–water partition coefficient (Wildman–Crippen LogP) is 1.99. The summed E-state index contributed by atoms with van der Waals surface area (Å²) < 4.78 is 25.6. The van der Waals surface area contributed by atoms with Crippen LogP contribution in [0.15, 0.2) is 29.6 Å². The highest BCUT2D eigenvalue weighted by Gasteiger charge is 2.04. The molecule has 16 heavy (non-hydrogen) atoms. The maximum Gasteiger partial charge on any atom is 0.208 e. The lowest BCUT2D eigenvalue weighted by Crippen LogP contribution is -2.24. The fourth-order valence-corrected chi connectivity index (χ4v) is 3.07. The van der Waals surface area contributed by atoms with Crippen LogP contribution in [0.3, 0.4) is 0 Å². The fraction of sp³-hybridized carbons (Fsp3) is 0.273. The molecule has 5 heteroatoms. The van der Waals surface area contributed by atoms with E-state index in [9.17, 15) is 8.42 Å². The second kappa shape index (κ2) is 4.53. The molecule has 1 heterocycles. The molecular formula is C11H13NO2S2. The summed E-state index contributed by atoms with van der Waals surface area (Å²) in [4.78, 5) is 0. The van der Waals surface area contributed by atoms with Crippen molar-refractivity contribution in [2.45, 2.75) is 6.42 Å². The van der Waals surface area contributed by atoms with E-state index >= 15 is 0 Å². The molecule has 0 unspecified atom stereocenters. The molecule has 0 spiro atoms. The number of thiophene rings is 1. The molecule has 0 aliphatic heterocycles. The maximum absolute atomic E-state index is 10.9. The topological polar surface area (TPSA) is 46.2 Å². The number of rotatable bonds is 4. The van der Waals surface area contributed by atoms with Crippen molar-refractivity contribution >= 4 is 31.4 Å². The van der Waals surface area contributed by atoms with Gasteiger partial charge in [0.15, 0.2) is 0 Å². The molecule has 2 aromatic rings. The monoisotopic (exact) mass is 255 g/mol. The molecule has 1 aromatic carbocycles. The first-order chi connectivity index (χ1) is 7.56. The van der Waals surface area contributed by atoms with Gasteiger partial charge in [-0.25, -0.2) is 13.1 Å². The van der Waals surface area contributed by atoms with Gasteiger partial charge in [0, 0.05) is 11.2 Å². The molecule has 3 nitrogen and oxygen atoms in total. The zero-order valence-corrected chi connectivity index (χ0v) is 10.6. The van der Waals surface area contributed by atoms with Crippen LogP contribution in [0.1, 0.15) is 5.56 Å². The van der Waals surface area contributed by atoms with E-state index in [1.165, 1.54) is 21.9 Å². The molecule has 0 saturated heterocycles. The summed E-state index contributed by atoms with van der Waals surface area (Å²) in [6.07, 6.45) is 1.91. The average Bonchev–Trinajstić information content (AvgIpc) is 2.60. The van der Waals surface area contributed by atoms with Crippen LogP contribution in [0.4, 0.5) is 0 Å². The molecule has 0 radical (unpaired) electrons. The quantitative estimate of drug-likeness (QED) is 0.908. The lowest BCUT2D eigenvalue weighted by atomic mass is 10.1. The van der Waals surface area contributed by atoms with Crippen LogP contribution in [-0.4, -0.2) is 21.2 Å². The Kier molecular flexibility index (Phi) is 3.28. The summed E-state index contributed by atoms with van der Waals surface area (Å²) in [5.41, 5.74) is 1.21. The third-order valence-electron chi connectivity index (χ3n) is 2.32. The summed E-state index contributed by atoms with van der Waals surface area (Å²) in [6.45, 7) is 0.458. The highest BCUT2D eigenvalue weighted by atomic mass is 32.2. The van der Waals surface area contributed by atoms with Crippen LogP contribution in [0.2, 0.25) is 0 Å². The van der Waals surface area contributed by atoms with E-state index in [0.29, 0.717) is 6.54 Å². The minimum Gasteiger partial charge on any atom is -0.215 e. The highest BCUT2D eigenvalue weighted by Crippen LogP contribution is 2.25. The van der Waals surface area contributed by atoms with Crippen LogP contribution in [0, 0.1) is 0 Å². The Morgan fingerprint density at radius 1 is 1.31 bits per heavy atom. The largest absolute Gasteiger partial charge is 0.215 e. The van der Waals surface area contributed by atoms with Gasteiger partial charge in [-0.05, 0) is 28.8 Å². The van der Waals surface area contributed by atoms with Crippen molar-refractivity contribution < 1.29 is 8.42 Å². The van der Waals surface area contributed by atoms with Gasteiger partial charge in [0.2, 0.25) is 10.0 Å². The summed E-state index contributed by atoms with van der Waals surface area (Å²) >= 11 is 1.69. The zero-order chi connectivity index (χ0) is 11.6. The van der Waals surface area contributed by atoms with Crippen molar-refractivity contribution in [3.63, 3.8) is 0 Å². The second-order valence-corrected chi connectivity index (χ2v) is 6.42. The van der Waals surface area contributed by atoms with Gasteiger partial charge >= 0.3 is 0 Å². The van der Waals surface area contributed by atoms with E-state index in [4.69, 9.17) is 0 Å². The predicted molar refractivity (Wildman–Crippen MR) is 68.4 cm³/mol. The molecule has 2 rings (SSSR count). The Bertz CT molecular complexity index is 587. The van der Waals surface area contributed by atoms with E-state index < -0.39 is 10.0 Å². The van der Waals surface area contributed by atoms with Gasteiger partial charge in [-0.2, -0.15) is 0 Å². The molecule has 0 aliphatic rings. The van der Waals surface area contributed by atoms with Gasteiger partial charge < -0.3 is 0 Å². The first kappa shape index (κ1) is 11.6. The molecule has 0 aliphatic carbocycles. The van der Waals surface area contributed by atoms with Gasteiger partial charge in [-0.3, -0.25) is 0 Å². The zero-order valence-electron chi connectivity index (χ0n) is 8.93.